The average Bonchev–Trinajstić information content (AvgIpc) is 2.89. The highest BCUT2D eigenvalue weighted by atomic mass is 35.5. The van der Waals surface area contributed by atoms with Crippen molar-refractivity contribution in [2.24, 2.45) is 0 Å². The summed E-state index contributed by atoms with van der Waals surface area (Å²) in [4.78, 5) is 14.6. The van der Waals surface area contributed by atoms with Crippen LogP contribution in [0.5, 0.6) is 0 Å². The van der Waals surface area contributed by atoms with Crippen molar-refractivity contribution in [1.29, 1.82) is 0 Å². The summed E-state index contributed by atoms with van der Waals surface area (Å²) in [6.45, 7) is 0. The molecule has 0 spiro atoms. The molecule has 3 rings (SSSR count). The number of nitro benzene ring substituents is 1. The zero-order valence-corrected chi connectivity index (χ0v) is 11.6. The van der Waals surface area contributed by atoms with Crippen LogP contribution in [0.25, 0.3) is 23.3 Å². The van der Waals surface area contributed by atoms with Crippen LogP contribution in [0.15, 0.2) is 48.8 Å². The minimum Gasteiger partial charge on any atom is -0.306 e. The molecule has 0 aliphatic rings. The number of aromatic nitrogens is 2. The van der Waals surface area contributed by atoms with Gasteiger partial charge < -0.3 is 4.57 Å². The van der Waals surface area contributed by atoms with Gasteiger partial charge in [-0.25, -0.2) is 4.98 Å². The Morgan fingerprint density at radius 3 is 2.86 bits per heavy atom. The highest BCUT2D eigenvalue weighted by Crippen LogP contribution is 2.24. The molecule has 2 aromatic carbocycles. The first-order valence-corrected chi connectivity index (χ1v) is 6.56. The standard InChI is InChI=1S/C15H10ClN3O2/c16-13-6-5-12(19(20)21)9-11(13)7-8-18-10-17-14-3-1-2-4-15(14)18/h1-10H/b8-7+. The lowest BCUT2D eigenvalue weighted by atomic mass is 10.2. The van der Waals surface area contributed by atoms with E-state index in [1.54, 1.807) is 18.6 Å². The van der Waals surface area contributed by atoms with Crippen LogP contribution in [0.2, 0.25) is 5.02 Å². The van der Waals surface area contributed by atoms with E-state index in [0.29, 0.717) is 10.6 Å². The summed E-state index contributed by atoms with van der Waals surface area (Å²) >= 11 is 6.06. The molecule has 104 valence electrons. The molecule has 1 heterocycles. The van der Waals surface area contributed by atoms with Crippen LogP contribution in [0.4, 0.5) is 5.69 Å². The number of imidazole rings is 1. The van der Waals surface area contributed by atoms with Crippen molar-refractivity contribution in [2.45, 2.75) is 0 Å². The van der Waals surface area contributed by atoms with Gasteiger partial charge in [-0.2, -0.15) is 0 Å². The summed E-state index contributed by atoms with van der Waals surface area (Å²) in [6, 6.07) is 12.0. The normalized spacial score (nSPS) is 11.3. The van der Waals surface area contributed by atoms with E-state index in [0.717, 1.165) is 11.0 Å². The summed E-state index contributed by atoms with van der Waals surface area (Å²) in [5, 5.41) is 11.3. The first-order valence-electron chi connectivity index (χ1n) is 6.19. The third-order valence-corrected chi connectivity index (χ3v) is 3.43. The molecule has 0 amide bonds. The molecule has 0 radical (unpaired) electrons. The molecule has 21 heavy (non-hydrogen) atoms. The number of hydrogen-bond acceptors (Lipinski definition) is 3. The fourth-order valence-corrected chi connectivity index (χ4v) is 2.21. The van der Waals surface area contributed by atoms with E-state index in [1.807, 2.05) is 28.8 Å². The lowest BCUT2D eigenvalue weighted by Crippen LogP contribution is -1.89. The van der Waals surface area contributed by atoms with Crippen molar-refractivity contribution in [3.05, 3.63) is 69.5 Å². The molecule has 1 aromatic heterocycles. The highest BCUT2D eigenvalue weighted by molar-refractivity contribution is 6.32. The Balaban J connectivity index is 1.99. The molecular weight excluding hydrogens is 290 g/mol. The number of nitrogens with zero attached hydrogens (tertiary/aromatic N) is 3. The largest absolute Gasteiger partial charge is 0.306 e. The van der Waals surface area contributed by atoms with Crippen LogP contribution < -0.4 is 0 Å². The predicted molar refractivity (Wildman–Crippen MR) is 83.1 cm³/mol. The zero-order chi connectivity index (χ0) is 14.8. The summed E-state index contributed by atoms with van der Waals surface area (Å²) in [6.07, 6.45) is 5.19. The lowest BCUT2D eigenvalue weighted by molar-refractivity contribution is -0.384. The van der Waals surface area contributed by atoms with Gasteiger partial charge in [-0.15, -0.1) is 0 Å². The van der Waals surface area contributed by atoms with Crippen LogP contribution in [-0.2, 0) is 0 Å². The van der Waals surface area contributed by atoms with Crippen molar-refractivity contribution in [3.8, 4) is 0 Å². The number of halogens is 1. The summed E-state index contributed by atoms with van der Waals surface area (Å²) < 4.78 is 1.84. The van der Waals surface area contributed by atoms with Gasteiger partial charge in [-0.3, -0.25) is 10.1 Å². The van der Waals surface area contributed by atoms with Crippen molar-refractivity contribution in [3.63, 3.8) is 0 Å². The Hall–Kier alpha value is -2.66. The van der Waals surface area contributed by atoms with Crippen molar-refractivity contribution in [1.82, 2.24) is 9.55 Å². The van der Waals surface area contributed by atoms with Gasteiger partial charge in [0.15, 0.2) is 0 Å². The third kappa shape index (κ3) is 2.64. The number of fused-ring (bicyclic) bond motifs is 1. The summed E-state index contributed by atoms with van der Waals surface area (Å²) in [5.41, 5.74) is 2.43. The molecule has 6 heteroatoms. The monoisotopic (exact) mass is 299 g/mol. The lowest BCUT2D eigenvalue weighted by Gasteiger charge is -1.99. The number of para-hydroxylation sites is 2. The Kier molecular flexibility index (Phi) is 3.41. The van der Waals surface area contributed by atoms with E-state index in [-0.39, 0.29) is 5.69 Å². The number of non-ortho nitro benzene ring substituents is 1. The Bertz CT molecular complexity index is 855. The fourth-order valence-electron chi connectivity index (χ4n) is 2.03. The molecule has 0 unspecified atom stereocenters. The Morgan fingerprint density at radius 2 is 2.05 bits per heavy atom. The molecule has 0 N–H and O–H groups in total. The second kappa shape index (κ2) is 5.38. The molecule has 0 atom stereocenters. The SMILES string of the molecule is O=[N+]([O-])c1ccc(Cl)c(/C=C/n2cnc3ccccc32)c1. The number of hydrogen-bond donors (Lipinski definition) is 0. The number of nitro groups is 1. The molecule has 0 saturated heterocycles. The number of benzene rings is 2. The van der Waals surface area contributed by atoms with E-state index in [1.165, 1.54) is 18.2 Å². The number of rotatable bonds is 3. The van der Waals surface area contributed by atoms with E-state index >= 15 is 0 Å². The van der Waals surface area contributed by atoms with E-state index < -0.39 is 4.92 Å². The second-order valence-electron chi connectivity index (χ2n) is 4.42. The first kappa shape index (κ1) is 13.3. The summed E-state index contributed by atoms with van der Waals surface area (Å²) in [7, 11) is 0. The van der Waals surface area contributed by atoms with Gasteiger partial charge in [-0.05, 0) is 24.3 Å². The fraction of sp³-hybridized carbons (Fsp3) is 0. The molecule has 0 bridgehead atoms. The minimum atomic E-state index is -0.444. The molecule has 5 nitrogen and oxygen atoms in total. The first-order chi connectivity index (χ1) is 10.1. The molecule has 0 fully saturated rings. The molecule has 3 aromatic rings. The smallest absolute Gasteiger partial charge is 0.270 e. The van der Waals surface area contributed by atoms with Gasteiger partial charge >= 0.3 is 0 Å². The van der Waals surface area contributed by atoms with Gasteiger partial charge in [0.1, 0.15) is 0 Å². The highest BCUT2D eigenvalue weighted by Gasteiger charge is 2.07. The Morgan fingerprint density at radius 1 is 1.24 bits per heavy atom. The van der Waals surface area contributed by atoms with Gasteiger partial charge in [0.05, 0.1) is 22.3 Å². The van der Waals surface area contributed by atoms with E-state index in [9.17, 15) is 10.1 Å². The second-order valence-corrected chi connectivity index (χ2v) is 4.83. The zero-order valence-electron chi connectivity index (χ0n) is 10.8. The van der Waals surface area contributed by atoms with Crippen molar-refractivity contribution in [2.75, 3.05) is 0 Å². The van der Waals surface area contributed by atoms with Crippen LogP contribution in [0.3, 0.4) is 0 Å². The maximum Gasteiger partial charge on any atom is 0.270 e. The molecule has 0 aliphatic carbocycles. The third-order valence-electron chi connectivity index (χ3n) is 3.09. The molecule has 0 aliphatic heterocycles. The van der Waals surface area contributed by atoms with E-state index in [2.05, 4.69) is 4.98 Å². The van der Waals surface area contributed by atoms with Gasteiger partial charge in [0.2, 0.25) is 0 Å². The van der Waals surface area contributed by atoms with Crippen LogP contribution in [-0.4, -0.2) is 14.5 Å². The maximum absolute atomic E-state index is 10.8. The molecular formula is C15H10ClN3O2. The van der Waals surface area contributed by atoms with Gasteiger partial charge in [0.25, 0.3) is 5.69 Å². The Labute approximate surface area is 125 Å². The van der Waals surface area contributed by atoms with Crippen LogP contribution >= 0.6 is 11.6 Å². The molecule has 0 saturated carbocycles. The van der Waals surface area contributed by atoms with Crippen LogP contribution in [0, 0.1) is 10.1 Å². The quantitative estimate of drug-likeness (QED) is 0.537. The van der Waals surface area contributed by atoms with Crippen molar-refractivity contribution >= 4 is 40.6 Å². The van der Waals surface area contributed by atoms with Gasteiger partial charge in [0, 0.05) is 28.9 Å². The minimum absolute atomic E-state index is 0.00883. The summed E-state index contributed by atoms with van der Waals surface area (Å²) in [5.74, 6) is 0. The van der Waals surface area contributed by atoms with Gasteiger partial charge in [-0.1, -0.05) is 23.7 Å². The topological polar surface area (TPSA) is 61.0 Å². The van der Waals surface area contributed by atoms with Crippen molar-refractivity contribution < 1.29 is 4.92 Å². The average molecular weight is 300 g/mol. The maximum atomic E-state index is 10.8. The predicted octanol–water partition coefficient (Wildman–Crippen LogP) is 4.23. The van der Waals surface area contributed by atoms with E-state index in [4.69, 9.17) is 11.6 Å². The van der Waals surface area contributed by atoms with Crippen LogP contribution in [0.1, 0.15) is 5.56 Å².